The zero-order valence-corrected chi connectivity index (χ0v) is 9.30. The Bertz CT molecular complexity index is 328. The van der Waals surface area contributed by atoms with Gasteiger partial charge in [-0.1, -0.05) is 0 Å². The lowest BCUT2D eigenvalue weighted by molar-refractivity contribution is 0.414. The van der Waals surface area contributed by atoms with Crippen molar-refractivity contribution in [1.29, 1.82) is 0 Å². The maximum atomic E-state index is 4.63. The number of aryl methyl sites for hydroxylation is 1. The first-order chi connectivity index (χ1) is 6.74. The van der Waals surface area contributed by atoms with E-state index in [2.05, 4.69) is 28.7 Å². The Morgan fingerprint density at radius 3 is 3.07 bits per heavy atom. The average Bonchev–Trinajstić information content (AvgIpc) is 2.46. The molecule has 0 aromatic carbocycles. The lowest BCUT2D eigenvalue weighted by atomic mass is 10.0. The van der Waals surface area contributed by atoms with E-state index in [1.807, 2.05) is 7.05 Å². The summed E-state index contributed by atoms with van der Waals surface area (Å²) in [5.41, 5.74) is 2.68. The molecule has 0 saturated heterocycles. The normalized spacial score (nSPS) is 20.9. The van der Waals surface area contributed by atoms with Crippen molar-refractivity contribution < 1.29 is 0 Å². The van der Waals surface area contributed by atoms with Gasteiger partial charge in [0.15, 0.2) is 0 Å². The second-order valence-corrected chi connectivity index (χ2v) is 4.20. The largest absolute Gasteiger partial charge is 0.328 e. The van der Waals surface area contributed by atoms with E-state index in [1.165, 1.54) is 36.5 Å². The summed E-state index contributed by atoms with van der Waals surface area (Å²) in [5, 5.41) is 3.18. The van der Waals surface area contributed by atoms with Crippen molar-refractivity contribution in [3.05, 3.63) is 17.2 Å². The molecule has 2 rings (SSSR count). The van der Waals surface area contributed by atoms with Gasteiger partial charge in [-0.15, -0.1) is 0 Å². The Morgan fingerprint density at radius 1 is 1.57 bits per heavy atom. The Morgan fingerprint density at radius 2 is 2.36 bits per heavy atom. The lowest BCUT2D eigenvalue weighted by Gasteiger charge is -2.24. The Balaban J connectivity index is 2.42. The van der Waals surface area contributed by atoms with Gasteiger partial charge in [-0.05, 0) is 40.2 Å². The van der Waals surface area contributed by atoms with Crippen LogP contribution < -0.4 is 5.32 Å². The summed E-state index contributed by atoms with van der Waals surface area (Å²) in [6, 6.07) is 0.628. The van der Waals surface area contributed by atoms with Crippen LogP contribution in [0.1, 0.15) is 43.0 Å². The molecule has 1 unspecified atom stereocenters. The smallest absolute Gasteiger partial charge is 0.123 e. The molecular formula is C11H19N3. The van der Waals surface area contributed by atoms with E-state index in [0.717, 1.165) is 6.54 Å². The van der Waals surface area contributed by atoms with E-state index >= 15 is 0 Å². The van der Waals surface area contributed by atoms with Crippen molar-refractivity contribution in [3.63, 3.8) is 0 Å². The van der Waals surface area contributed by atoms with Crippen LogP contribution in [0, 0.1) is 6.92 Å². The zero-order chi connectivity index (χ0) is 10.1. The van der Waals surface area contributed by atoms with Gasteiger partial charge in [-0.3, -0.25) is 0 Å². The predicted molar refractivity (Wildman–Crippen MR) is 57.4 cm³/mol. The van der Waals surface area contributed by atoms with Crippen molar-refractivity contribution in [3.8, 4) is 0 Å². The molecule has 14 heavy (non-hydrogen) atoms. The molecule has 3 heteroatoms. The molecule has 0 aliphatic carbocycles. The van der Waals surface area contributed by atoms with Crippen LogP contribution in [0.3, 0.4) is 0 Å². The molecule has 0 bridgehead atoms. The van der Waals surface area contributed by atoms with E-state index in [1.54, 1.807) is 0 Å². The summed E-state index contributed by atoms with van der Waals surface area (Å²) in [7, 11) is 1.98. The van der Waals surface area contributed by atoms with E-state index < -0.39 is 0 Å². The summed E-state index contributed by atoms with van der Waals surface area (Å²) in [6.45, 7) is 5.30. The molecular weight excluding hydrogens is 174 g/mol. The number of imidazole rings is 1. The Hall–Kier alpha value is -0.830. The lowest BCUT2D eigenvalue weighted by Crippen LogP contribution is -2.20. The van der Waals surface area contributed by atoms with E-state index in [-0.39, 0.29) is 0 Å². The highest BCUT2D eigenvalue weighted by atomic mass is 15.1. The van der Waals surface area contributed by atoms with E-state index in [4.69, 9.17) is 0 Å². The minimum absolute atomic E-state index is 0.628. The Labute approximate surface area is 85.5 Å². The first kappa shape index (κ1) is 9.71. The summed E-state index contributed by atoms with van der Waals surface area (Å²) < 4.78 is 2.43. The van der Waals surface area contributed by atoms with Crippen LogP contribution in [0.2, 0.25) is 0 Å². The van der Waals surface area contributed by atoms with Crippen LogP contribution in [-0.4, -0.2) is 16.6 Å². The van der Waals surface area contributed by atoms with Crippen LogP contribution >= 0.6 is 0 Å². The third-order valence-corrected chi connectivity index (χ3v) is 3.09. The van der Waals surface area contributed by atoms with Gasteiger partial charge in [0.1, 0.15) is 5.82 Å². The summed E-state index contributed by atoms with van der Waals surface area (Å²) >= 11 is 0. The van der Waals surface area contributed by atoms with Crippen molar-refractivity contribution >= 4 is 0 Å². The quantitative estimate of drug-likeness (QED) is 0.776. The fraction of sp³-hybridized carbons (Fsp3) is 0.727. The maximum absolute atomic E-state index is 4.63. The molecule has 0 saturated carbocycles. The van der Waals surface area contributed by atoms with E-state index in [9.17, 15) is 0 Å². The van der Waals surface area contributed by atoms with Crippen LogP contribution in [0.4, 0.5) is 0 Å². The average molecular weight is 193 g/mol. The number of rotatable bonds is 2. The highest BCUT2D eigenvalue weighted by Crippen LogP contribution is 2.28. The first-order valence-electron chi connectivity index (χ1n) is 5.45. The highest BCUT2D eigenvalue weighted by molar-refractivity contribution is 5.19. The van der Waals surface area contributed by atoms with Crippen LogP contribution in [0.15, 0.2) is 0 Å². The number of fused-ring (bicyclic) bond motifs is 1. The van der Waals surface area contributed by atoms with Gasteiger partial charge in [-0.2, -0.15) is 0 Å². The summed E-state index contributed by atoms with van der Waals surface area (Å²) in [5.74, 6) is 1.20. The molecule has 0 radical (unpaired) electrons. The van der Waals surface area contributed by atoms with Gasteiger partial charge in [0.2, 0.25) is 0 Å². The number of nitrogens with one attached hydrogen (secondary N) is 1. The summed E-state index contributed by atoms with van der Waals surface area (Å²) in [4.78, 5) is 4.63. The van der Waals surface area contributed by atoms with Crippen LogP contribution in [0.25, 0.3) is 0 Å². The third kappa shape index (κ3) is 1.46. The van der Waals surface area contributed by atoms with Crippen molar-refractivity contribution in [1.82, 2.24) is 14.9 Å². The van der Waals surface area contributed by atoms with Crippen molar-refractivity contribution in [2.75, 3.05) is 7.05 Å². The van der Waals surface area contributed by atoms with Gasteiger partial charge >= 0.3 is 0 Å². The molecule has 78 valence electrons. The van der Waals surface area contributed by atoms with E-state index in [0.29, 0.717) is 6.04 Å². The second-order valence-electron chi connectivity index (χ2n) is 4.20. The second kappa shape index (κ2) is 3.73. The van der Waals surface area contributed by atoms with Gasteiger partial charge < -0.3 is 9.88 Å². The molecule has 1 aliphatic heterocycles. The highest BCUT2D eigenvalue weighted by Gasteiger charge is 2.21. The monoisotopic (exact) mass is 193 g/mol. The molecule has 3 nitrogen and oxygen atoms in total. The molecule has 0 amide bonds. The zero-order valence-electron chi connectivity index (χ0n) is 9.30. The fourth-order valence-electron chi connectivity index (χ4n) is 2.44. The minimum Gasteiger partial charge on any atom is -0.328 e. The molecule has 1 atom stereocenters. The molecule has 2 heterocycles. The van der Waals surface area contributed by atoms with Gasteiger partial charge in [-0.25, -0.2) is 4.98 Å². The minimum atomic E-state index is 0.628. The number of aromatic nitrogens is 2. The molecule has 1 N–H and O–H groups in total. The number of hydrogen-bond donors (Lipinski definition) is 1. The third-order valence-electron chi connectivity index (χ3n) is 3.09. The van der Waals surface area contributed by atoms with Crippen LogP contribution in [-0.2, 0) is 13.0 Å². The molecule has 1 aromatic heterocycles. The van der Waals surface area contributed by atoms with Gasteiger partial charge in [0.25, 0.3) is 0 Å². The standard InChI is InChI=1S/C11H19N3/c1-8-5-4-6-10-9(2)13-11(7-12-3)14(8)10/h8,12H,4-7H2,1-3H3. The van der Waals surface area contributed by atoms with Crippen molar-refractivity contribution in [2.24, 2.45) is 0 Å². The predicted octanol–water partition coefficient (Wildman–Crippen LogP) is 1.81. The van der Waals surface area contributed by atoms with Crippen LogP contribution in [0.5, 0.6) is 0 Å². The topological polar surface area (TPSA) is 29.9 Å². The number of nitrogens with zero attached hydrogens (tertiary/aromatic N) is 2. The molecule has 0 spiro atoms. The fourth-order valence-corrected chi connectivity index (χ4v) is 2.44. The number of hydrogen-bond acceptors (Lipinski definition) is 2. The SMILES string of the molecule is CNCc1nc(C)c2n1C(C)CCC2. The maximum Gasteiger partial charge on any atom is 0.123 e. The summed E-state index contributed by atoms with van der Waals surface area (Å²) in [6.07, 6.45) is 3.80. The van der Waals surface area contributed by atoms with Gasteiger partial charge in [0.05, 0.1) is 12.2 Å². The Kier molecular flexibility index (Phi) is 2.59. The molecule has 1 aromatic rings. The van der Waals surface area contributed by atoms with Gasteiger partial charge in [0, 0.05) is 11.7 Å². The molecule has 0 fully saturated rings. The molecule has 1 aliphatic rings. The van der Waals surface area contributed by atoms with Crippen molar-refractivity contribution in [2.45, 2.75) is 45.7 Å². The first-order valence-corrected chi connectivity index (χ1v) is 5.45.